The second-order valence-electron chi connectivity index (χ2n) is 3.42. The zero-order valence-electron chi connectivity index (χ0n) is 7.90. The van der Waals surface area contributed by atoms with Crippen molar-refractivity contribution in [3.05, 3.63) is 12.2 Å². The van der Waals surface area contributed by atoms with Crippen LogP contribution in [0.5, 0.6) is 0 Å². The molecule has 1 N–H and O–H groups in total. The number of ether oxygens (including phenoxy) is 1. The molecule has 3 nitrogen and oxygen atoms in total. The zero-order valence-corrected chi connectivity index (χ0v) is 7.90. The summed E-state index contributed by atoms with van der Waals surface area (Å²) >= 11 is 0. The molecular formula is C10H16O3. The van der Waals surface area contributed by atoms with Crippen molar-refractivity contribution in [2.75, 3.05) is 7.11 Å². The molecule has 13 heavy (non-hydrogen) atoms. The lowest BCUT2D eigenvalue weighted by molar-refractivity contribution is -0.134. The molecule has 0 bridgehead atoms. The van der Waals surface area contributed by atoms with Gasteiger partial charge in [-0.3, -0.25) is 0 Å². The number of aliphatic hydroxyl groups excluding tert-OH is 1. The summed E-state index contributed by atoms with van der Waals surface area (Å²) in [4.78, 5) is 10.7. The molecule has 1 aliphatic rings. The first-order valence-corrected chi connectivity index (χ1v) is 4.68. The fourth-order valence-electron chi connectivity index (χ4n) is 1.70. The first kappa shape index (κ1) is 10.3. The van der Waals surface area contributed by atoms with Crippen molar-refractivity contribution in [2.45, 2.75) is 31.8 Å². The largest absolute Gasteiger partial charge is 0.466 e. The van der Waals surface area contributed by atoms with Crippen molar-refractivity contribution in [1.29, 1.82) is 0 Å². The van der Waals surface area contributed by atoms with Gasteiger partial charge < -0.3 is 9.84 Å². The molecule has 1 fully saturated rings. The summed E-state index contributed by atoms with van der Waals surface area (Å²) in [6.07, 6.45) is 6.84. The topological polar surface area (TPSA) is 46.5 Å². The number of carbonyl (C=O) groups is 1. The van der Waals surface area contributed by atoms with Gasteiger partial charge in [0.25, 0.3) is 0 Å². The van der Waals surface area contributed by atoms with Crippen molar-refractivity contribution in [1.82, 2.24) is 0 Å². The number of hydrogen-bond donors (Lipinski definition) is 1. The smallest absolute Gasteiger partial charge is 0.330 e. The van der Waals surface area contributed by atoms with Crippen LogP contribution in [0.2, 0.25) is 0 Å². The first-order chi connectivity index (χ1) is 6.24. The molecule has 1 atom stereocenters. The highest BCUT2D eigenvalue weighted by atomic mass is 16.5. The Labute approximate surface area is 78.4 Å². The van der Waals surface area contributed by atoms with E-state index in [9.17, 15) is 9.90 Å². The quantitative estimate of drug-likeness (QED) is 0.530. The van der Waals surface area contributed by atoms with Crippen LogP contribution in [0.3, 0.4) is 0 Å². The Balaban J connectivity index is 2.34. The number of methoxy groups -OCH3 is 1. The molecule has 0 radical (unpaired) electrons. The minimum atomic E-state index is -0.485. The van der Waals surface area contributed by atoms with Gasteiger partial charge in [-0.15, -0.1) is 0 Å². The second-order valence-corrected chi connectivity index (χ2v) is 3.42. The van der Waals surface area contributed by atoms with Gasteiger partial charge in [0, 0.05) is 6.08 Å². The van der Waals surface area contributed by atoms with E-state index < -0.39 is 12.1 Å². The van der Waals surface area contributed by atoms with Gasteiger partial charge in [0.15, 0.2) is 0 Å². The zero-order chi connectivity index (χ0) is 9.68. The van der Waals surface area contributed by atoms with E-state index in [1.165, 1.54) is 32.1 Å². The molecule has 0 saturated heterocycles. The lowest BCUT2D eigenvalue weighted by Gasteiger charge is -2.12. The van der Waals surface area contributed by atoms with Crippen LogP contribution in [-0.4, -0.2) is 24.3 Å². The minimum absolute atomic E-state index is 0.334. The van der Waals surface area contributed by atoms with Gasteiger partial charge in [0.2, 0.25) is 0 Å². The van der Waals surface area contributed by atoms with Crippen molar-refractivity contribution in [2.24, 2.45) is 5.92 Å². The van der Waals surface area contributed by atoms with Crippen LogP contribution >= 0.6 is 0 Å². The molecule has 74 valence electrons. The normalized spacial score (nSPS) is 20.8. The maximum absolute atomic E-state index is 10.7. The van der Waals surface area contributed by atoms with E-state index in [-0.39, 0.29) is 0 Å². The van der Waals surface area contributed by atoms with Crippen LogP contribution in [0.15, 0.2) is 12.2 Å². The van der Waals surface area contributed by atoms with E-state index in [0.29, 0.717) is 5.92 Å². The number of rotatable bonds is 3. The van der Waals surface area contributed by atoms with Crippen LogP contribution in [0.25, 0.3) is 0 Å². The summed E-state index contributed by atoms with van der Waals surface area (Å²) < 4.78 is 4.43. The standard InChI is InChI=1S/C10H16O3/c1-13-10(12)7-6-9(11)8-4-2-3-5-8/h6-9,11H,2-5H2,1H3/b7-6+. The number of hydrogen-bond acceptors (Lipinski definition) is 3. The fourth-order valence-corrected chi connectivity index (χ4v) is 1.70. The number of aliphatic hydroxyl groups is 1. The molecule has 0 heterocycles. The van der Waals surface area contributed by atoms with E-state index in [0.717, 1.165) is 12.8 Å². The van der Waals surface area contributed by atoms with E-state index in [4.69, 9.17) is 0 Å². The number of esters is 1. The van der Waals surface area contributed by atoms with E-state index >= 15 is 0 Å². The van der Waals surface area contributed by atoms with Crippen LogP contribution in [-0.2, 0) is 9.53 Å². The third-order valence-electron chi connectivity index (χ3n) is 2.51. The third kappa shape index (κ3) is 3.19. The van der Waals surface area contributed by atoms with E-state index in [1.54, 1.807) is 0 Å². The molecule has 0 aromatic rings. The van der Waals surface area contributed by atoms with Gasteiger partial charge >= 0.3 is 5.97 Å². The predicted octanol–water partition coefficient (Wildman–Crippen LogP) is 1.27. The lowest BCUT2D eigenvalue weighted by Crippen LogP contribution is -2.14. The highest BCUT2D eigenvalue weighted by Crippen LogP contribution is 2.28. The SMILES string of the molecule is COC(=O)/C=C/C(O)C1CCCC1. The molecule has 0 spiro atoms. The second kappa shape index (κ2) is 5.02. The molecule has 1 saturated carbocycles. The highest BCUT2D eigenvalue weighted by molar-refractivity contribution is 5.81. The molecule has 1 aliphatic carbocycles. The van der Waals surface area contributed by atoms with Gasteiger partial charge in [0.1, 0.15) is 0 Å². The summed E-state index contributed by atoms with van der Waals surface area (Å²) in [6.45, 7) is 0. The van der Waals surface area contributed by atoms with Crippen LogP contribution in [0.1, 0.15) is 25.7 Å². The molecule has 1 unspecified atom stereocenters. The average Bonchev–Trinajstić information content (AvgIpc) is 2.66. The number of carbonyl (C=O) groups excluding carboxylic acids is 1. The Morgan fingerprint density at radius 3 is 2.69 bits per heavy atom. The molecule has 0 aromatic heterocycles. The van der Waals surface area contributed by atoms with Gasteiger partial charge in [0.05, 0.1) is 13.2 Å². The summed E-state index contributed by atoms with van der Waals surface area (Å²) in [5, 5.41) is 9.60. The van der Waals surface area contributed by atoms with Crippen LogP contribution in [0.4, 0.5) is 0 Å². The first-order valence-electron chi connectivity index (χ1n) is 4.68. The molecular weight excluding hydrogens is 168 g/mol. The van der Waals surface area contributed by atoms with E-state index in [2.05, 4.69) is 4.74 Å². The monoisotopic (exact) mass is 184 g/mol. The summed E-state index contributed by atoms with van der Waals surface area (Å²) in [7, 11) is 1.33. The maximum Gasteiger partial charge on any atom is 0.330 e. The molecule has 0 aliphatic heterocycles. The molecule has 1 rings (SSSR count). The van der Waals surface area contributed by atoms with Gasteiger partial charge in [-0.1, -0.05) is 12.8 Å². The van der Waals surface area contributed by atoms with Gasteiger partial charge in [-0.05, 0) is 24.8 Å². The highest BCUT2D eigenvalue weighted by Gasteiger charge is 2.20. The van der Waals surface area contributed by atoms with Gasteiger partial charge in [-0.25, -0.2) is 4.79 Å². The Morgan fingerprint density at radius 1 is 1.54 bits per heavy atom. The summed E-state index contributed by atoms with van der Waals surface area (Å²) in [5.74, 6) is -0.0713. The third-order valence-corrected chi connectivity index (χ3v) is 2.51. The minimum Gasteiger partial charge on any atom is -0.466 e. The fraction of sp³-hybridized carbons (Fsp3) is 0.700. The molecule has 0 aromatic carbocycles. The predicted molar refractivity (Wildman–Crippen MR) is 49.1 cm³/mol. The van der Waals surface area contributed by atoms with Crippen LogP contribution in [0, 0.1) is 5.92 Å². The molecule has 0 amide bonds. The Kier molecular flexibility index (Phi) is 3.96. The summed E-state index contributed by atoms with van der Waals surface area (Å²) in [6, 6.07) is 0. The average molecular weight is 184 g/mol. The lowest BCUT2D eigenvalue weighted by atomic mass is 10.0. The van der Waals surface area contributed by atoms with Crippen molar-refractivity contribution >= 4 is 5.97 Å². The van der Waals surface area contributed by atoms with Crippen LogP contribution < -0.4 is 0 Å². The molecule has 3 heteroatoms. The Bertz CT molecular complexity index is 192. The Hall–Kier alpha value is -0.830. The van der Waals surface area contributed by atoms with Crippen molar-refractivity contribution < 1.29 is 14.6 Å². The summed E-state index contributed by atoms with van der Waals surface area (Å²) in [5.41, 5.74) is 0. The van der Waals surface area contributed by atoms with Crippen molar-refractivity contribution in [3.63, 3.8) is 0 Å². The van der Waals surface area contributed by atoms with Crippen molar-refractivity contribution in [3.8, 4) is 0 Å². The maximum atomic E-state index is 10.7. The van der Waals surface area contributed by atoms with E-state index in [1.807, 2.05) is 0 Å². The Morgan fingerprint density at radius 2 is 2.15 bits per heavy atom. The van der Waals surface area contributed by atoms with Gasteiger partial charge in [-0.2, -0.15) is 0 Å².